The summed E-state index contributed by atoms with van der Waals surface area (Å²) in [6.07, 6.45) is 4.44. The molecule has 1 atom stereocenters. The van der Waals surface area contributed by atoms with Crippen LogP contribution in [0.1, 0.15) is 34.3 Å². The molecule has 3 rings (SSSR count). The van der Waals surface area contributed by atoms with Crippen LogP contribution in [-0.2, 0) is 6.54 Å². The third kappa shape index (κ3) is 5.43. The van der Waals surface area contributed by atoms with Gasteiger partial charge in [-0.3, -0.25) is 9.89 Å². The molecule has 1 aromatic heterocycles. The Bertz CT molecular complexity index is 737. The quantitative estimate of drug-likeness (QED) is 0.565. The number of ether oxygens (including phenoxy) is 1. The zero-order valence-electron chi connectivity index (χ0n) is 16.4. The molecule has 2 N–H and O–H groups in total. The van der Waals surface area contributed by atoms with Gasteiger partial charge in [0.05, 0.1) is 19.7 Å². The summed E-state index contributed by atoms with van der Waals surface area (Å²) in [5, 5.41) is 7.93. The van der Waals surface area contributed by atoms with E-state index in [-0.39, 0.29) is 0 Å². The number of nitrogens with zero attached hydrogens (tertiary/aromatic N) is 3. The number of benzene rings is 1. The molecule has 27 heavy (non-hydrogen) atoms. The van der Waals surface area contributed by atoms with Gasteiger partial charge in [-0.2, -0.15) is 0 Å². The number of likely N-dealkylation sites (tertiary alicyclic amines) is 1. The molecule has 2 aromatic rings. The first-order chi connectivity index (χ1) is 13.2. The SMILES string of the molecule is CN=C(NCc1ncc(C)s1)NCC(c1ccc(OC)cc1)N1CCCC1. The number of hydrogen-bond donors (Lipinski definition) is 2. The fourth-order valence-electron chi connectivity index (χ4n) is 3.39. The van der Waals surface area contributed by atoms with Gasteiger partial charge < -0.3 is 15.4 Å². The molecule has 1 aliphatic heterocycles. The van der Waals surface area contributed by atoms with Crippen molar-refractivity contribution in [3.05, 3.63) is 45.9 Å². The molecule has 1 aliphatic rings. The van der Waals surface area contributed by atoms with Crippen LogP contribution in [0.25, 0.3) is 0 Å². The van der Waals surface area contributed by atoms with E-state index in [2.05, 4.69) is 44.6 Å². The van der Waals surface area contributed by atoms with Crippen molar-refractivity contribution in [3.63, 3.8) is 0 Å². The lowest BCUT2D eigenvalue weighted by Crippen LogP contribution is -2.42. The lowest BCUT2D eigenvalue weighted by Gasteiger charge is -2.29. The first kappa shape index (κ1) is 19.6. The van der Waals surface area contributed by atoms with Crippen molar-refractivity contribution in [1.29, 1.82) is 0 Å². The maximum atomic E-state index is 5.30. The van der Waals surface area contributed by atoms with Crippen LogP contribution in [0.15, 0.2) is 35.5 Å². The van der Waals surface area contributed by atoms with Gasteiger partial charge in [0.2, 0.25) is 0 Å². The summed E-state index contributed by atoms with van der Waals surface area (Å²) in [5.41, 5.74) is 1.30. The molecule has 0 spiro atoms. The van der Waals surface area contributed by atoms with Crippen LogP contribution in [0, 0.1) is 6.92 Å². The molecule has 1 aromatic carbocycles. The van der Waals surface area contributed by atoms with Crippen molar-refractivity contribution in [3.8, 4) is 5.75 Å². The maximum absolute atomic E-state index is 5.30. The second kappa shape index (κ2) is 9.71. The van der Waals surface area contributed by atoms with E-state index >= 15 is 0 Å². The number of hydrogen-bond acceptors (Lipinski definition) is 5. The van der Waals surface area contributed by atoms with Crippen molar-refractivity contribution in [1.82, 2.24) is 20.5 Å². The Morgan fingerprint density at radius 3 is 2.59 bits per heavy atom. The Kier molecular flexibility index (Phi) is 7.06. The van der Waals surface area contributed by atoms with Crippen LogP contribution in [0.5, 0.6) is 5.75 Å². The predicted octanol–water partition coefficient (Wildman–Crippen LogP) is 2.96. The zero-order valence-corrected chi connectivity index (χ0v) is 17.2. The Labute approximate surface area is 165 Å². The van der Waals surface area contributed by atoms with Gasteiger partial charge in [0.1, 0.15) is 10.8 Å². The molecule has 0 amide bonds. The lowest BCUT2D eigenvalue weighted by molar-refractivity contribution is 0.245. The Hall–Kier alpha value is -2.12. The number of guanidine groups is 1. The van der Waals surface area contributed by atoms with E-state index < -0.39 is 0 Å². The highest BCUT2D eigenvalue weighted by atomic mass is 32.1. The van der Waals surface area contributed by atoms with E-state index in [9.17, 15) is 0 Å². The molecule has 1 unspecified atom stereocenters. The highest BCUT2D eigenvalue weighted by Crippen LogP contribution is 2.26. The molecular formula is C20H29N5OS. The van der Waals surface area contributed by atoms with Crippen LogP contribution in [-0.4, -0.2) is 49.6 Å². The van der Waals surface area contributed by atoms with Crippen LogP contribution in [0.4, 0.5) is 0 Å². The monoisotopic (exact) mass is 387 g/mol. The van der Waals surface area contributed by atoms with Gasteiger partial charge in [0.25, 0.3) is 0 Å². The molecule has 0 radical (unpaired) electrons. The molecular weight excluding hydrogens is 358 g/mol. The summed E-state index contributed by atoms with van der Waals surface area (Å²) < 4.78 is 5.30. The first-order valence-electron chi connectivity index (χ1n) is 9.43. The summed E-state index contributed by atoms with van der Waals surface area (Å²) in [6, 6.07) is 8.72. The maximum Gasteiger partial charge on any atom is 0.191 e. The highest BCUT2D eigenvalue weighted by molar-refractivity contribution is 7.11. The fourth-order valence-corrected chi connectivity index (χ4v) is 4.12. The van der Waals surface area contributed by atoms with Gasteiger partial charge >= 0.3 is 0 Å². The van der Waals surface area contributed by atoms with Crippen molar-refractivity contribution in [2.24, 2.45) is 4.99 Å². The van der Waals surface area contributed by atoms with Crippen molar-refractivity contribution < 1.29 is 4.74 Å². The number of rotatable bonds is 7. The number of aliphatic imine (C=N–C) groups is 1. The van der Waals surface area contributed by atoms with E-state index in [1.807, 2.05) is 18.3 Å². The van der Waals surface area contributed by atoms with Gasteiger partial charge in [-0.05, 0) is 50.6 Å². The molecule has 1 saturated heterocycles. The van der Waals surface area contributed by atoms with E-state index in [1.165, 1.54) is 23.3 Å². The topological polar surface area (TPSA) is 61.8 Å². The number of thiazole rings is 1. The van der Waals surface area contributed by atoms with E-state index in [0.29, 0.717) is 12.6 Å². The second-order valence-electron chi connectivity index (χ2n) is 6.70. The molecule has 1 fully saturated rings. The summed E-state index contributed by atoms with van der Waals surface area (Å²) in [7, 11) is 3.51. The molecule has 0 aliphatic carbocycles. The number of aryl methyl sites for hydroxylation is 1. The molecule has 6 nitrogen and oxygen atoms in total. The summed E-state index contributed by atoms with van der Waals surface area (Å²) in [4.78, 5) is 12.5. The van der Waals surface area contributed by atoms with Gasteiger partial charge in [-0.25, -0.2) is 4.98 Å². The number of nitrogens with one attached hydrogen (secondary N) is 2. The van der Waals surface area contributed by atoms with Gasteiger partial charge in [-0.1, -0.05) is 12.1 Å². The van der Waals surface area contributed by atoms with Crippen molar-refractivity contribution in [2.75, 3.05) is 33.8 Å². The molecule has 146 valence electrons. The van der Waals surface area contributed by atoms with Crippen molar-refractivity contribution in [2.45, 2.75) is 32.4 Å². The normalized spacial score (nSPS) is 16.3. The summed E-state index contributed by atoms with van der Waals surface area (Å²) in [5.74, 6) is 1.70. The largest absolute Gasteiger partial charge is 0.497 e. The third-order valence-electron chi connectivity index (χ3n) is 4.84. The molecule has 0 saturated carbocycles. The van der Waals surface area contributed by atoms with Crippen molar-refractivity contribution >= 4 is 17.3 Å². The smallest absolute Gasteiger partial charge is 0.191 e. The third-order valence-corrected chi connectivity index (χ3v) is 5.76. The number of aromatic nitrogens is 1. The minimum atomic E-state index is 0.319. The zero-order chi connectivity index (χ0) is 19.1. The Balaban J connectivity index is 1.62. The molecule has 7 heteroatoms. The van der Waals surface area contributed by atoms with Crippen LogP contribution >= 0.6 is 11.3 Å². The van der Waals surface area contributed by atoms with Gasteiger partial charge in [0, 0.05) is 24.7 Å². The van der Waals surface area contributed by atoms with Gasteiger partial charge in [0.15, 0.2) is 5.96 Å². The van der Waals surface area contributed by atoms with E-state index in [0.717, 1.165) is 36.4 Å². The minimum Gasteiger partial charge on any atom is -0.497 e. The van der Waals surface area contributed by atoms with Crippen LogP contribution < -0.4 is 15.4 Å². The summed E-state index contributed by atoms with van der Waals surface area (Å²) in [6.45, 7) is 5.85. The highest BCUT2D eigenvalue weighted by Gasteiger charge is 2.23. The predicted molar refractivity (Wildman–Crippen MR) is 112 cm³/mol. The average molecular weight is 388 g/mol. The number of methoxy groups -OCH3 is 1. The van der Waals surface area contributed by atoms with E-state index in [1.54, 1.807) is 25.5 Å². The average Bonchev–Trinajstić information content (AvgIpc) is 3.37. The minimum absolute atomic E-state index is 0.319. The molecule has 2 heterocycles. The standard InChI is InChI=1S/C20H29N5OS/c1-15-12-22-19(27-15)14-24-20(21-2)23-13-18(25-10-4-5-11-25)16-6-8-17(26-3)9-7-16/h6-9,12,18H,4-5,10-11,13-14H2,1-3H3,(H2,21,23,24). The second-order valence-corrected chi connectivity index (χ2v) is 8.02. The fraction of sp³-hybridized carbons (Fsp3) is 0.500. The lowest BCUT2D eigenvalue weighted by atomic mass is 10.1. The summed E-state index contributed by atoms with van der Waals surface area (Å²) >= 11 is 1.71. The van der Waals surface area contributed by atoms with Gasteiger partial charge in [-0.15, -0.1) is 11.3 Å². The Morgan fingerprint density at radius 2 is 2.00 bits per heavy atom. The van der Waals surface area contributed by atoms with Crippen LogP contribution in [0.3, 0.4) is 0 Å². The Morgan fingerprint density at radius 1 is 1.26 bits per heavy atom. The van der Waals surface area contributed by atoms with Crippen LogP contribution in [0.2, 0.25) is 0 Å². The molecule has 0 bridgehead atoms. The first-order valence-corrected chi connectivity index (χ1v) is 10.2. The van der Waals surface area contributed by atoms with E-state index in [4.69, 9.17) is 4.74 Å².